The lowest BCUT2D eigenvalue weighted by Gasteiger charge is -2.25. The monoisotopic (exact) mass is 369 g/mol. The molecule has 0 saturated carbocycles. The Bertz CT molecular complexity index is 734. The van der Waals surface area contributed by atoms with Gasteiger partial charge in [-0.25, -0.2) is 0 Å². The highest BCUT2D eigenvalue weighted by molar-refractivity contribution is 5.48. The quantitative estimate of drug-likeness (QED) is 0.678. The van der Waals surface area contributed by atoms with Crippen LogP contribution in [0.15, 0.2) is 36.7 Å². The molecule has 0 saturated heterocycles. The summed E-state index contributed by atoms with van der Waals surface area (Å²) in [6, 6.07) is 8.48. The van der Waals surface area contributed by atoms with E-state index in [2.05, 4.69) is 54.0 Å². The highest BCUT2D eigenvalue weighted by Crippen LogP contribution is 2.35. The Morgan fingerprint density at radius 3 is 2.78 bits per heavy atom. The molecular formula is C22H31N3O2. The molecule has 0 aliphatic carbocycles. The molecule has 2 heterocycles. The van der Waals surface area contributed by atoms with E-state index >= 15 is 0 Å². The maximum Gasteiger partial charge on any atom is 0.124 e. The van der Waals surface area contributed by atoms with Crippen LogP contribution < -0.4 is 9.47 Å². The zero-order valence-electron chi connectivity index (χ0n) is 16.9. The smallest absolute Gasteiger partial charge is 0.124 e. The van der Waals surface area contributed by atoms with E-state index in [1.165, 1.54) is 16.7 Å². The van der Waals surface area contributed by atoms with Crippen molar-refractivity contribution in [2.24, 2.45) is 0 Å². The summed E-state index contributed by atoms with van der Waals surface area (Å²) in [5.74, 6) is 1.99. The van der Waals surface area contributed by atoms with Gasteiger partial charge in [0.15, 0.2) is 0 Å². The fourth-order valence-corrected chi connectivity index (χ4v) is 3.44. The second-order valence-electron chi connectivity index (χ2n) is 7.51. The standard InChI is InChI=1S/C22H31N3O2/c1-5-26-21-12-19-11-17(2)27-22(19)13-20(21)16-25(10-9-24(3)4)15-18-7-6-8-23-14-18/h6-8,12-14,17H,5,9-11,15-16H2,1-4H3. The molecule has 1 unspecified atom stereocenters. The molecule has 3 rings (SSSR count). The van der Waals surface area contributed by atoms with Gasteiger partial charge >= 0.3 is 0 Å². The van der Waals surface area contributed by atoms with Crippen molar-refractivity contribution < 1.29 is 9.47 Å². The molecule has 0 fully saturated rings. The lowest BCUT2D eigenvalue weighted by Crippen LogP contribution is -2.31. The lowest BCUT2D eigenvalue weighted by atomic mass is 10.1. The second-order valence-corrected chi connectivity index (χ2v) is 7.51. The second kappa shape index (κ2) is 9.20. The van der Waals surface area contributed by atoms with Gasteiger partial charge in [-0.15, -0.1) is 0 Å². The van der Waals surface area contributed by atoms with E-state index in [1.54, 1.807) is 0 Å². The molecule has 1 aromatic heterocycles. The summed E-state index contributed by atoms with van der Waals surface area (Å²) in [6.07, 6.45) is 4.96. The summed E-state index contributed by atoms with van der Waals surface area (Å²) >= 11 is 0. The minimum atomic E-state index is 0.241. The molecule has 5 heteroatoms. The van der Waals surface area contributed by atoms with Gasteiger partial charge in [0, 0.05) is 56.1 Å². The SMILES string of the molecule is CCOc1cc2c(cc1CN(CCN(C)C)Cc1cccnc1)OC(C)C2. The third-order valence-corrected chi connectivity index (χ3v) is 4.77. The van der Waals surface area contributed by atoms with E-state index in [9.17, 15) is 0 Å². The van der Waals surface area contributed by atoms with Crippen molar-refractivity contribution in [1.82, 2.24) is 14.8 Å². The number of rotatable bonds is 9. The van der Waals surface area contributed by atoms with Crippen molar-refractivity contribution in [2.45, 2.75) is 39.5 Å². The molecule has 0 bridgehead atoms. The Morgan fingerprint density at radius 2 is 2.07 bits per heavy atom. The average molecular weight is 370 g/mol. The van der Waals surface area contributed by atoms with Crippen LogP contribution in [0.1, 0.15) is 30.5 Å². The number of hydrogen-bond acceptors (Lipinski definition) is 5. The maximum atomic E-state index is 5.99. The molecular weight excluding hydrogens is 338 g/mol. The third-order valence-electron chi connectivity index (χ3n) is 4.77. The van der Waals surface area contributed by atoms with E-state index in [0.717, 1.165) is 44.1 Å². The molecule has 5 nitrogen and oxygen atoms in total. The van der Waals surface area contributed by atoms with Gasteiger partial charge in [-0.3, -0.25) is 9.88 Å². The summed E-state index contributed by atoms with van der Waals surface area (Å²) in [7, 11) is 4.22. The Kier molecular flexibility index (Phi) is 6.69. The van der Waals surface area contributed by atoms with Gasteiger partial charge in [-0.1, -0.05) is 6.07 Å². The fraction of sp³-hybridized carbons (Fsp3) is 0.500. The van der Waals surface area contributed by atoms with Crippen LogP contribution in [0.25, 0.3) is 0 Å². The van der Waals surface area contributed by atoms with Gasteiger partial charge in [-0.05, 0) is 51.7 Å². The van der Waals surface area contributed by atoms with E-state index < -0.39 is 0 Å². The van der Waals surface area contributed by atoms with Gasteiger partial charge in [0.1, 0.15) is 17.6 Å². The third kappa shape index (κ3) is 5.44. The van der Waals surface area contributed by atoms with Crippen LogP contribution in [-0.2, 0) is 19.5 Å². The van der Waals surface area contributed by atoms with Crippen LogP contribution in [0.3, 0.4) is 0 Å². The summed E-state index contributed by atoms with van der Waals surface area (Å²) in [4.78, 5) is 8.92. The zero-order chi connectivity index (χ0) is 19.2. The molecule has 1 aliphatic rings. The molecule has 1 atom stereocenters. The Morgan fingerprint density at radius 1 is 1.22 bits per heavy atom. The normalized spacial score (nSPS) is 15.9. The van der Waals surface area contributed by atoms with Gasteiger partial charge in [-0.2, -0.15) is 0 Å². The van der Waals surface area contributed by atoms with Crippen LogP contribution >= 0.6 is 0 Å². The van der Waals surface area contributed by atoms with Crippen LogP contribution in [-0.4, -0.2) is 54.7 Å². The summed E-state index contributed by atoms with van der Waals surface area (Å²) in [5.41, 5.74) is 3.66. The fourth-order valence-electron chi connectivity index (χ4n) is 3.44. The first-order valence-corrected chi connectivity index (χ1v) is 9.76. The van der Waals surface area contributed by atoms with Gasteiger partial charge < -0.3 is 14.4 Å². The van der Waals surface area contributed by atoms with Crippen molar-refractivity contribution in [2.75, 3.05) is 33.8 Å². The van der Waals surface area contributed by atoms with Crippen LogP contribution in [0.4, 0.5) is 0 Å². The first-order valence-electron chi connectivity index (χ1n) is 9.76. The molecule has 0 radical (unpaired) electrons. The number of benzene rings is 1. The number of nitrogens with zero attached hydrogens (tertiary/aromatic N) is 3. The van der Waals surface area contributed by atoms with Crippen molar-refractivity contribution in [3.05, 3.63) is 53.3 Å². The van der Waals surface area contributed by atoms with E-state index in [-0.39, 0.29) is 6.10 Å². The van der Waals surface area contributed by atoms with E-state index in [4.69, 9.17) is 9.47 Å². The molecule has 1 aliphatic heterocycles. The zero-order valence-corrected chi connectivity index (χ0v) is 16.9. The maximum absolute atomic E-state index is 5.99. The number of hydrogen-bond donors (Lipinski definition) is 0. The highest BCUT2D eigenvalue weighted by atomic mass is 16.5. The van der Waals surface area contributed by atoms with Gasteiger partial charge in [0.2, 0.25) is 0 Å². The topological polar surface area (TPSA) is 37.8 Å². The molecule has 146 valence electrons. The molecule has 0 spiro atoms. The number of ether oxygens (including phenoxy) is 2. The highest BCUT2D eigenvalue weighted by Gasteiger charge is 2.22. The van der Waals surface area contributed by atoms with Crippen molar-refractivity contribution >= 4 is 0 Å². The number of aromatic nitrogens is 1. The first kappa shape index (κ1) is 19.6. The summed E-state index contributed by atoms with van der Waals surface area (Å²) < 4.78 is 12.0. The summed E-state index contributed by atoms with van der Waals surface area (Å²) in [6.45, 7) is 8.49. The van der Waals surface area contributed by atoms with Gasteiger partial charge in [0.05, 0.1) is 6.61 Å². The Balaban J connectivity index is 1.82. The van der Waals surface area contributed by atoms with Crippen molar-refractivity contribution in [3.63, 3.8) is 0 Å². The van der Waals surface area contributed by atoms with Crippen LogP contribution in [0.5, 0.6) is 11.5 Å². The first-order chi connectivity index (χ1) is 13.0. The van der Waals surface area contributed by atoms with Crippen LogP contribution in [0.2, 0.25) is 0 Å². The minimum absolute atomic E-state index is 0.241. The molecule has 1 aromatic carbocycles. The van der Waals surface area contributed by atoms with Crippen molar-refractivity contribution in [1.29, 1.82) is 0 Å². The number of pyridine rings is 1. The molecule has 27 heavy (non-hydrogen) atoms. The average Bonchev–Trinajstić information content (AvgIpc) is 3.00. The Hall–Kier alpha value is -2.11. The number of fused-ring (bicyclic) bond motifs is 1. The van der Waals surface area contributed by atoms with Crippen molar-refractivity contribution in [3.8, 4) is 11.5 Å². The molecule has 0 N–H and O–H groups in total. The predicted octanol–water partition coefficient (Wildman–Crippen LogP) is 3.37. The minimum Gasteiger partial charge on any atom is -0.494 e. The van der Waals surface area contributed by atoms with Gasteiger partial charge in [0.25, 0.3) is 0 Å². The molecule has 2 aromatic rings. The largest absolute Gasteiger partial charge is 0.494 e. The molecule has 0 amide bonds. The number of likely N-dealkylation sites (N-methyl/N-ethyl adjacent to an activating group) is 1. The lowest BCUT2D eigenvalue weighted by molar-refractivity contribution is 0.220. The predicted molar refractivity (Wildman–Crippen MR) is 108 cm³/mol. The van der Waals surface area contributed by atoms with Crippen LogP contribution in [0, 0.1) is 0 Å². The van der Waals surface area contributed by atoms with E-state index in [0.29, 0.717) is 6.61 Å². The Labute approximate surface area is 162 Å². The summed E-state index contributed by atoms with van der Waals surface area (Å²) in [5, 5.41) is 0. The van der Waals surface area contributed by atoms with E-state index in [1.807, 2.05) is 25.4 Å².